The number of aryl methyl sites for hydroxylation is 1. The molecule has 2 aromatic rings. The third-order valence-electron chi connectivity index (χ3n) is 4.17. The summed E-state index contributed by atoms with van der Waals surface area (Å²) >= 11 is 0. The van der Waals surface area contributed by atoms with E-state index in [4.69, 9.17) is 4.74 Å². The Bertz CT molecular complexity index is 595. The second kappa shape index (κ2) is 9.89. The highest BCUT2D eigenvalue weighted by Crippen LogP contribution is 2.19. The topological polar surface area (TPSA) is 46.5 Å². The molecule has 0 amide bonds. The first-order valence-electron chi connectivity index (χ1n) is 8.53. The fourth-order valence-corrected chi connectivity index (χ4v) is 2.83. The summed E-state index contributed by atoms with van der Waals surface area (Å²) in [4.78, 5) is 11.5. The summed E-state index contributed by atoms with van der Waals surface area (Å²) < 4.78 is 5.73. The van der Waals surface area contributed by atoms with Crippen molar-refractivity contribution in [1.82, 2.24) is 0 Å². The van der Waals surface area contributed by atoms with Crippen LogP contribution in [0.25, 0.3) is 0 Å². The average molecular weight is 326 g/mol. The van der Waals surface area contributed by atoms with E-state index in [0.717, 1.165) is 12.0 Å². The Morgan fingerprint density at radius 3 is 2.17 bits per heavy atom. The van der Waals surface area contributed by atoms with Crippen LogP contribution in [-0.2, 0) is 22.6 Å². The predicted molar refractivity (Wildman–Crippen MR) is 95.8 cm³/mol. The normalized spacial score (nSPS) is 13.4. The number of hydrogen-bond donors (Lipinski definition) is 1. The first-order chi connectivity index (χ1) is 11.6. The molecule has 0 bridgehead atoms. The number of rotatable bonds is 10. The van der Waals surface area contributed by atoms with E-state index in [1.54, 1.807) is 0 Å². The number of hydrogen-bond acceptors (Lipinski definition) is 2. The van der Waals surface area contributed by atoms with Crippen molar-refractivity contribution < 1.29 is 14.6 Å². The molecule has 0 saturated carbocycles. The fraction of sp³-hybridized carbons (Fsp3) is 0.381. The summed E-state index contributed by atoms with van der Waals surface area (Å²) in [7, 11) is 0. The molecule has 0 heterocycles. The van der Waals surface area contributed by atoms with Crippen LogP contribution < -0.4 is 0 Å². The first kappa shape index (κ1) is 18.2. The first-order valence-corrected chi connectivity index (χ1v) is 8.53. The van der Waals surface area contributed by atoms with Gasteiger partial charge in [0.2, 0.25) is 0 Å². The number of aliphatic carboxylic acids is 1. The lowest BCUT2D eigenvalue weighted by Crippen LogP contribution is -2.20. The minimum absolute atomic E-state index is 0.227. The predicted octanol–water partition coefficient (Wildman–Crippen LogP) is 4.56. The molecular weight excluding hydrogens is 300 g/mol. The highest BCUT2D eigenvalue weighted by molar-refractivity contribution is 5.69. The van der Waals surface area contributed by atoms with Gasteiger partial charge in [0.15, 0.2) is 0 Å². The Balaban J connectivity index is 1.74. The highest BCUT2D eigenvalue weighted by Gasteiger charge is 2.20. The van der Waals surface area contributed by atoms with Crippen molar-refractivity contribution in [1.29, 1.82) is 0 Å². The van der Waals surface area contributed by atoms with E-state index in [-0.39, 0.29) is 11.8 Å². The maximum atomic E-state index is 11.5. The molecule has 2 aromatic carbocycles. The van der Waals surface area contributed by atoms with Gasteiger partial charge in [-0.15, -0.1) is 0 Å². The van der Waals surface area contributed by atoms with Crippen molar-refractivity contribution in [2.75, 3.05) is 6.61 Å². The minimum atomic E-state index is -0.708. The number of benzene rings is 2. The Morgan fingerprint density at radius 2 is 1.58 bits per heavy atom. The van der Waals surface area contributed by atoms with Gasteiger partial charge in [-0.05, 0) is 36.3 Å². The molecule has 0 radical (unpaired) electrons. The molecule has 1 unspecified atom stereocenters. The van der Waals surface area contributed by atoms with E-state index in [9.17, 15) is 9.90 Å². The molecule has 0 saturated heterocycles. The van der Waals surface area contributed by atoms with Gasteiger partial charge in [-0.2, -0.15) is 0 Å². The van der Waals surface area contributed by atoms with E-state index in [0.29, 0.717) is 26.1 Å². The molecule has 24 heavy (non-hydrogen) atoms. The van der Waals surface area contributed by atoms with Crippen molar-refractivity contribution >= 4 is 5.97 Å². The van der Waals surface area contributed by atoms with Crippen molar-refractivity contribution in [3.05, 3.63) is 71.8 Å². The number of carboxylic acid groups (broad SMARTS) is 1. The number of carboxylic acids is 1. The molecule has 2 atom stereocenters. The van der Waals surface area contributed by atoms with E-state index in [2.05, 4.69) is 6.92 Å². The van der Waals surface area contributed by atoms with Gasteiger partial charge in [0.1, 0.15) is 0 Å². The summed E-state index contributed by atoms with van der Waals surface area (Å²) in [5, 5.41) is 9.46. The maximum absolute atomic E-state index is 11.5. The molecule has 0 aliphatic carbocycles. The second-order valence-corrected chi connectivity index (χ2v) is 6.40. The standard InChI is InChI=1S/C21H26O3/c1-17(15-24-16-19-10-6-3-7-11-19)14-20(21(22)23)13-12-18-8-4-2-5-9-18/h2-11,17,20H,12-16H2,1H3,(H,22,23)/t17?,20-/m1/s1. The third-order valence-corrected chi connectivity index (χ3v) is 4.17. The van der Waals surface area contributed by atoms with Gasteiger partial charge >= 0.3 is 5.97 Å². The smallest absolute Gasteiger partial charge is 0.306 e. The largest absolute Gasteiger partial charge is 0.481 e. The zero-order valence-corrected chi connectivity index (χ0v) is 14.2. The molecule has 0 spiro atoms. The molecular formula is C21H26O3. The van der Waals surface area contributed by atoms with Crippen LogP contribution in [-0.4, -0.2) is 17.7 Å². The van der Waals surface area contributed by atoms with Crippen LogP contribution in [0.5, 0.6) is 0 Å². The van der Waals surface area contributed by atoms with Crippen LogP contribution in [0.1, 0.15) is 30.9 Å². The summed E-state index contributed by atoms with van der Waals surface area (Å²) in [6.07, 6.45) is 2.12. The monoisotopic (exact) mass is 326 g/mol. The Kier molecular flexibility index (Phi) is 7.50. The lowest BCUT2D eigenvalue weighted by Gasteiger charge is -2.18. The number of carbonyl (C=O) groups is 1. The Morgan fingerprint density at radius 1 is 1.00 bits per heavy atom. The van der Waals surface area contributed by atoms with Crippen LogP contribution in [0, 0.1) is 11.8 Å². The Hall–Kier alpha value is -2.13. The third kappa shape index (κ3) is 6.55. The second-order valence-electron chi connectivity index (χ2n) is 6.40. The zero-order valence-electron chi connectivity index (χ0n) is 14.2. The molecule has 0 aliphatic rings. The van der Waals surface area contributed by atoms with E-state index in [1.165, 1.54) is 5.56 Å². The molecule has 128 valence electrons. The van der Waals surface area contributed by atoms with Crippen LogP contribution in [0.3, 0.4) is 0 Å². The zero-order chi connectivity index (χ0) is 17.2. The van der Waals surface area contributed by atoms with E-state index < -0.39 is 5.97 Å². The molecule has 0 aromatic heterocycles. The van der Waals surface area contributed by atoms with E-state index in [1.807, 2.05) is 60.7 Å². The molecule has 2 rings (SSSR count). The molecule has 0 fully saturated rings. The van der Waals surface area contributed by atoms with Gasteiger partial charge in [-0.25, -0.2) is 0 Å². The average Bonchev–Trinajstić information content (AvgIpc) is 2.60. The van der Waals surface area contributed by atoms with Gasteiger partial charge < -0.3 is 9.84 Å². The Labute approximate surface area is 144 Å². The fourth-order valence-electron chi connectivity index (χ4n) is 2.83. The summed E-state index contributed by atoms with van der Waals surface area (Å²) in [6.45, 7) is 3.22. The summed E-state index contributed by atoms with van der Waals surface area (Å²) in [6, 6.07) is 20.1. The van der Waals surface area contributed by atoms with Gasteiger partial charge in [0, 0.05) is 6.61 Å². The van der Waals surface area contributed by atoms with Gasteiger partial charge in [-0.3, -0.25) is 4.79 Å². The molecule has 3 nitrogen and oxygen atoms in total. The SMILES string of the molecule is CC(COCc1ccccc1)C[C@@H](CCc1ccccc1)C(=O)O. The molecule has 0 aliphatic heterocycles. The quantitative estimate of drug-likeness (QED) is 0.696. The van der Waals surface area contributed by atoms with Crippen LogP contribution in [0.2, 0.25) is 0 Å². The van der Waals surface area contributed by atoms with Crippen LogP contribution in [0.15, 0.2) is 60.7 Å². The lowest BCUT2D eigenvalue weighted by molar-refractivity contribution is -0.142. The van der Waals surface area contributed by atoms with Gasteiger partial charge in [0.25, 0.3) is 0 Å². The van der Waals surface area contributed by atoms with Crippen molar-refractivity contribution in [3.63, 3.8) is 0 Å². The lowest BCUT2D eigenvalue weighted by atomic mass is 9.91. The maximum Gasteiger partial charge on any atom is 0.306 e. The van der Waals surface area contributed by atoms with Crippen molar-refractivity contribution in [2.45, 2.75) is 32.8 Å². The van der Waals surface area contributed by atoms with Crippen molar-refractivity contribution in [3.8, 4) is 0 Å². The minimum Gasteiger partial charge on any atom is -0.481 e. The highest BCUT2D eigenvalue weighted by atomic mass is 16.5. The van der Waals surface area contributed by atoms with Crippen LogP contribution >= 0.6 is 0 Å². The summed E-state index contributed by atoms with van der Waals surface area (Å²) in [5.41, 5.74) is 2.33. The summed E-state index contributed by atoms with van der Waals surface area (Å²) in [5.74, 6) is -0.799. The van der Waals surface area contributed by atoms with Crippen LogP contribution in [0.4, 0.5) is 0 Å². The van der Waals surface area contributed by atoms with Gasteiger partial charge in [0.05, 0.1) is 12.5 Å². The molecule has 1 N–H and O–H groups in total. The number of ether oxygens (including phenoxy) is 1. The molecule has 3 heteroatoms. The van der Waals surface area contributed by atoms with Crippen molar-refractivity contribution in [2.24, 2.45) is 11.8 Å². The van der Waals surface area contributed by atoms with Gasteiger partial charge in [-0.1, -0.05) is 67.6 Å². The van der Waals surface area contributed by atoms with E-state index >= 15 is 0 Å².